The number of hydrogen-bond acceptors (Lipinski definition) is 4. The lowest BCUT2D eigenvalue weighted by atomic mass is 10.1. The summed E-state index contributed by atoms with van der Waals surface area (Å²) in [6.45, 7) is 4.02. The van der Waals surface area contributed by atoms with Crippen LogP contribution in [-0.2, 0) is 12.8 Å². The quantitative estimate of drug-likeness (QED) is 0.621. The van der Waals surface area contributed by atoms with Crippen LogP contribution in [0.5, 0.6) is 0 Å². The highest BCUT2D eigenvalue weighted by atomic mass is 16.1. The maximum Gasteiger partial charge on any atom is 0.277 e. The summed E-state index contributed by atoms with van der Waals surface area (Å²) in [5, 5.41) is 4.27. The molecule has 0 unspecified atom stereocenters. The van der Waals surface area contributed by atoms with Crippen LogP contribution in [0.1, 0.15) is 25.1 Å². The SMILES string of the molecule is CCc1[nH]c2c(-n3cnc(-c4ccccn4)c3)cnn2c(=O)c1CC. The number of fused-ring (bicyclic) bond motifs is 1. The molecule has 126 valence electrons. The van der Waals surface area contributed by atoms with Crippen molar-refractivity contribution in [2.45, 2.75) is 26.7 Å². The summed E-state index contributed by atoms with van der Waals surface area (Å²) in [4.78, 5) is 24.8. The van der Waals surface area contributed by atoms with E-state index in [4.69, 9.17) is 0 Å². The first-order valence-corrected chi connectivity index (χ1v) is 8.30. The van der Waals surface area contributed by atoms with Crippen molar-refractivity contribution in [3.63, 3.8) is 0 Å². The monoisotopic (exact) mass is 334 g/mol. The van der Waals surface area contributed by atoms with Crippen molar-refractivity contribution in [1.29, 1.82) is 0 Å². The number of rotatable bonds is 4. The van der Waals surface area contributed by atoms with Gasteiger partial charge in [0.2, 0.25) is 0 Å². The van der Waals surface area contributed by atoms with Gasteiger partial charge in [-0.2, -0.15) is 9.61 Å². The van der Waals surface area contributed by atoms with Gasteiger partial charge >= 0.3 is 0 Å². The van der Waals surface area contributed by atoms with E-state index in [1.54, 1.807) is 18.7 Å². The molecule has 0 bridgehead atoms. The van der Waals surface area contributed by atoms with Gasteiger partial charge in [-0.1, -0.05) is 19.9 Å². The molecule has 0 aliphatic carbocycles. The predicted molar refractivity (Wildman–Crippen MR) is 94.9 cm³/mol. The molecule has 4 aromatic heterocycles. The normalized spacial score (nSPS) is 11.3. The molecule has 25 heavy (non-hydrogen) atoms. The lowest BCUT2D eigenvalue weighted by Crippen LogP contribution is -2.22. The van der Waals surface area contributed by atoms with Gasteiger partial charge in [0.15, 0.2) is 5.65 Å². The molecule has 4 aromatic rings. The zero-order valence-electron chi connectivity index (χ0n) is 14.1. The smallest absolute Gasteiger partial charge is 0.277 e. The molecule has 0 saturated heterocycles. The molecule has 4 rings (SSSR count). The molecule has 4 heterocycles. The molecule has 0 atom stereocenters. The third kappa shape index (κ3) is 2.44. The van der Waals surface area contributed by atoms with E-state index in [9.17, 15) is 4.79 Å². The van der Waals surface area contributed by atoms with E-state index in [-0.39, 0.29) is 5.56 Å². The van der Waals surface area contributed by atoms with Gasteiger partial charge in [-0.05, 0) is 25.0 Å². The Bertz CT molecular complexity index is 1090. The van der Waals surface area contributed by atoms with Gasteiger partial charge in [0.05, 0.1) is 11.9 Å². The highest BCUT2D eigenvalue weighted by Crippen LogP contribution is 2.19. The molecule has 1 N–H and O–H groups in total. The van der Waals surface area contributed by atoms with E-state index in [0.717, 1.165) is 34.8 Å². The number of pyridine rings is 1. The fourth-order valence-corrected chi connectivity index (χ4v) is 3.04. The van der Waals surface area contributed by atoms with Crippen LogP contribution in [0.4, 0.5) is 0 Å². The van der Waals surface area contributed by atoms with E-state index in [1.807, 2.05) is 42.8 Å². The Morgan fingerprint density at radius 1 is 1.12 bits per heavy atom. The van der Waals surface area contributed by atoms with E-state index in [1.165, 1.54) is 4.52 Å². The molecule has 0 spiro atoms. The summed E-state index contributed by atoms with van der Waals surface area (Å²) >= 11 is 0. The minimum atomic E-state index is -0.0654. The molecular weight excluding hydrogens is 316 g/mol. The summed E-state index contributed by atoms with van der Waals surface area (Å²) in [5.41, 5.74) is 4.69. The van der Waals surface area contributed by atoms with Crippen molar-refractivity contribution in [2.75, 3.05) is 0 Å². The second-order valence-electron chi connectivity index (χ2n) is 5.77. The van der Waals surface area contributed by atoms with Gasteiger partial charge in [0, 0.05) is 23.7 Å². The molecule has 0 aromatic carbocycles. The first-order chi connectivity index (χ1) is 12.2. The van der Waals surface area contributed by atoms with Crippen LogP contribution in [-0.4, -0.2) is 29.1 Å². The minimum Gasteiger partial charge on any atom is -0.341 e. The zero-order chi connectivity index (χ0) is 17.4. The zero-order valence-corrected chi connectivity index (χ0v) is 14.1. The molecule has 0 radical (unpaired) electrons. The van der Waals surface area contributed by atoms with Crippen LogP contribution >= 0.6 is 0 Å². The first-order valence-electron chi connectivity index (χ1n) is 8.30. The predicted octanol–water partition coefficient (Wildman–Crippen LogP) is 2.40. The van der Waals surface area contributed by atoms with E-state index in [2.05, 4.69) is 20.1 Å². The Morgan fingerprint density at radius 2 is 2.00 bits per heavy atom. The Morgan fingerprint density at radius 3 is 2.72 bits per heavy atom. The van der Waals surface area contributed by atoms with Crippen molar-refractivity contribution < 1.29 is 0 Å². The van der Waals surface area contributed by atoms with Crippen molar-refractivity contribution in [2.24, 2.45) is 0 Å². The van der Waals surface area contributed by atoms with Crippen LogP contribution < -0.4 is 5.56 Å². The lowest BCUT2D eigenvalue weighted by Gasteiger charge is -2.07. The molecule has 0 fully saturated rings. The molecular formula is C18H18N6O. The van der Waals surface area contributed by atoms with Crippen molar-refractivity contribution in [3.05, 3.63) is 64.7 Å². The van der Waals surface area contributed by atoms with Gasteiger partial charge in [0.25, 0.3) is 5.56 Å². The molecule has 0 saturated carbocycles. The van der Waals surface area contributed by atoms with Gasteiger partial charge in [-0.25, -0.2) is 4.98 Å². The Kier molecular flexibility index (Phi) is 3.68. The van der Waals surface area contributed by atoms with Gasteiger partial charge in [0.1, 0.15) is 17.7 Å². The summed E-state index contributed by atoms with van der Waals surface area (Å²) < 4.78 is 3.28. The summed E-state index contributed by atoms with van der Waals surface area (Å²) in [5.74, 6) is 0. The number of hydrogen-bond donors (Lipinski definition) is 1. The van der Waals surface area contributed by atoms with Crippen LogP contribution in [0.2, 0.25) is 0 Å². The molecule has 0 aliphatic rings. The van der Waals surface area contributed by atoms with E-state index < -0.39 is 0 Å². The Hall–Kier alpha value is -3.22. The van der Waals surface area contributed by atoms with Crippen LogP contribution in [0, 0.1) is 0 Å². The Labute approximate surface area is 144 Å². The first kappa shape index (κ1) is 15.3. The van der Waals surface area contributed by atoms with Gasteiger partial charge < -0.3 is 9.55 Å². The fourth-order valence-electron chi connectivity index (χ4n) is 3.04. The van der Waals surface area contributed by atoms with Gasteiger partial charge in [-0.3, -0.25) is 9.78 Å². The van der Waals surface area contributed by atoms with E-state index >= 15 is 0 Å². The fraction of sp³-hybridized carbons (Fsp3) is 0.222. The van der Waals surface area contributed by atoms with E-state index in [0.29, 0.717) is 12.1 Å². The van der Waals surface area contributed by atoms with Crippen molar-refractivity contribution >= 4 is 5.65 Å². The molecule has 7 heteroatoms. The summed E-state index contributed by atoms with van der Waals surface area (Å²) in [6, 6.07) is 5.70. The average Bonchev–Trinajstić information content (AvgIpc) is 3.29. The second-order valence-corrected chi connectivity index (χ2v) is 5.77. The number of H-pyrrole nitrogens is 1. The maximum atomic E-state index is 12.7. The number of aryl methyl sites for hydroxylation is 1. The number of aromatic nitrogens is 6. The van der Waals surface area contributed by atoms with Gasteiger partial charge in [-0.15, -0.1) is 0 Å². The number of imidazole rings is 1. The summed E-state index contributed by atoms with van der Waals surface area (Å²) in [6.07, 6.45) is 8.45. The molecule has 7 nitrogen and oxygen atoms in total. The third-order valence-corrected chi connectivity index (χ3v) is 4.33. The number of nitrogens with zero attached hydrogens (tertiary/aromatic N) is 5. The third-order valence-electron chi connectivity index (χ3n) is 4.33. The Balaban J connectivity index is 1.87. The topological polar surface area (TPSA) is 80.9 Å². The van der Waals surface area contributed by atoms with Crippen LogP contribution in [0.15, 0.2) is 47.9 Å². The van der Waals surface area contributed by atoms with Crippen LogP contribution in [0.3, 0.4) is 0 Å². The summed E-state index contributed by atoms with van der Waals surface area (Å²) in [7, 11) is 0. The van der Waals surface area contributed by atoms with Crippen molar-refractivity contribution in [3.8, 4) is 17.1 Å². The lowest BCUT2D eigenvalue weighted by molar-refractivity contribution is 0.835. The number of aromatic amines is 1. The molecule has 0 amide bonds. The van der Waals surface area contributed by atoms with Crippen LogP contribution in [0.25, 0.3) is 22.7 Å². The minimum absolute atomic E-state index is 0.0654. The largest absolute Gasteiger partial charge is 0.341 e. The number of nitrogens with one attached hydrogen (secondary N) is 1. The highest BCUT2D eigenvalue weighted by Gasteiger charge is 2.15. The maximum absolute atomic E-state index is 12.7. The molecule has 0 aliphatic heterocycles. The standard InChI is InChI=1S/C18H18N6O/c1-3-12-13(4-2)22-17-16(9-21-24(17)18(12)25)23-10-15(20-11-23)14-7-5-6-8-19-14/h5-11,22H,3-4H2,1-2H3. The average molecular weight is 334 g/mol. The highest BCUT2D eigenvalue weighted by molar-refractivity contribution is 5.61. The van der Waals surface area contributed by atoms with Crippen molar-refractivity contribution in [1.82, 2.24) is 29.1 Å². The second kappa shape index (κ2) is 6.01.